The average molecular weight is 256 g/mol. The first kappa shape index (κ1) is 12.8. The highest BCUT2D eigenvalue weighted by Crippen LogP contribution is 2.30. The van der Waals surface area contributed by atoms with Crippen LogP contribution < -0.4 is 0 Å². The zero-order valence-corrected chi connectivity index (χ0v) is 11.9. The first-order valence-electron chi connectivity index (χ1n) is 5.89. The molecule has 1 aromatic heterocycles. The van der Waals surface area contributed by atoms with Crippen molar-refractivity contribution in [2.24, 2.45) is 0 Å². The zero-order valence-electron chi connectivity index (χ0n) is 11.1. The molecule has 2 nitrogen and oxygen atoms in total. The number of aromatic nitrogens is 1. The first-order chi connectivity index (χ1) is 8.44. The van der Waals surface area contributed by atoms with Crippen molar-refractivity contribution >= 4 is 11.3 Å². The van der Waals surface area contributed by atoms with Crippen LogP contribution in [0.25, 0.3) is 11.3 Å². The maximum absolute atomic E-state index is 9.12. The van der Waals surface area contributed by atoms with Crippen LogP contribution >= 0.6 is 11.3 Å². The van der Waals surface area contributed by atoms with E-state index in [1.807, 2.05) is 19.2 Å². The van der Waals surface area contributed by atoms with Gasteiger partial charge in [0.05, 0.1) is 11.8 Å². The van der Waals surface area contributed by atoms with Crippen molar-refractivity contribution in [3.05, 3.63) is 39.7 Å². The third kappa shape index (κ3) is 2.30. The van der Waals surface area contributed by atoms with E-state index in [9.17, 15) is 0 Å². The summed E-state index contributed by atoms with van der Waals surface area (Å²) >= 11 is 1.55. The van der Waals surface area contributed by atoms with Crippen LogP contribution in [-0.4, -0.2) is 4.98 Å². The topological polar surface area (TPSA) is 36.7 Å². The van der Waals surface area contributed by atoms with Gasteiger partial charge in [0.2, 0.25) is 0 Å². The molecule has 1 aromatic carbocycles. The molecule has 2 rings (SSSR count). The van der Waals surface area contributed by atoms with Crippen molar-refractivity contribution in [1.29, 1.82) is 5.26 Å². The van der Waals surface area contributed by atoms with Gasteiger partial charge in [-0.05, 0) is 44.9 Å². The van der Waals surface area contributed by atoms with E-state index in [1.165, 1.54) is 11.1 Å². The highest BCUT2D eigenvalue weighted by Gasteiger charge is 2.23. The predicted molar refractivity (Wildman–Crippen MR) is 75.7 cm³/mol. The number of rotatable bonds is 2. The summed E-state index contributed by atoms with van der Waals surface area (Å²) in [5.41, 5.74) is 4.12. The molecule has 0 bridgehead atoms. The summed E-state index contributed by atoms with van der Waals surface area (Å²) in [4.78, 5) is 4.59. The predicted octanol–water partition coefficient (Wildman–Crippen LogP) is 4.23. The van der Waals surface area contributed by atoms with Crippen molar-refractivity contribution < 1.29 is 0 Å². The number of benzene rings is 1. The average Bonchev–Trinajstić information content (AvgIpc) is 2.83. The summed E-state index contributed by atoms with van der Waals surface area (Å²) in [6, 6.07) is 8.63. The summed E-state index contributed by atoms with van der Waals surface area (Å²) in [6.45, 7) is 8.00. The lowest BCUT2D eigenvalue weighted by Gasteiger charge is -2.10. The molecular formula is C15H16N2S. The second-order valence-electron chi connectivity index (χ2n) is 5.07. The molecule has 0 aliphatic carbocycles. The number of hydrogen-bond acceptors (Lipinski definition) is 3. The molecule has 0 radical (unpaired) electrons. The van der Waals surface area contributed by atoms with E-state index in [2.05, 4.69) is 43.1 Å². The Morgan fingerprint density at radius 1 is 1.22 bits per heavy atom. The van der Waals surface area contributed by atoms with Gasteiger partial charge in [-0.25, -0.2) is 4.98 Å². The van der Waals surface area contributed by atoms with Gasteiger partial charge in [0, 0.05) is 10.9 Å². The molecule has 18 heavy (non-hydrogen) atoms. The molecule has 0 fully saturated rings. The number of nitriles is 1. The summed E-state index contributed by atoms with van der Waals surface area (Å²) in [5, 5.41) is 12.0. The second-order valence-corrected chi connectivity index (χ2v) is 5.93. The van der Waals surface area contributed by atoms with Gasteiger partial charge >= 0.3 is 0 Å². The van der Waals surface area contributed by atoms with Crippen LogP contribution in [0.2, 0.25) is 0 Å². The molecule has 0 spiro atoms. The highest BCUT2D eigenvalue weighted by molar-refractivity contribution is 7.10. The normalized spacial score (nSPS) is 11.3. The van der Waals surface area contributed by atoms with Gasteiger partial charge in [-0.15, -0.1) is 11.3 Å². The van der Waals surface area contributed by atoms with Crippen LogP contribution in [0.3, 0.4) is 0 Å². The van der Waals surface area contributed by atoms with Crippen molar-refractivity contribution in [2.75, 3.05) is 0 Å². The van der Waals surface area contributed by atoms with Crippen LogP contribution in [0, 0.1) is 25.2 Å². The van der Waals surface area contributed by atoms with Crippen LogP contribution in [0.5, 0.6) is 0 Å². The molecule has 0 aliphatic rings. The Balaban J connectivity index is 2.42. The van der Waals surface area contributed by atoms with Gasteiger partial charge in [-0.1, -0.05) is 12.1 Å². The molecule has 2 aromatic rings. The van der Waals surface area contributed by atoms with E-state index >= 15 is 0 Å². The van der Waals surface area contributed by atoms with Crippen LogP contribution in [0.15, 0.2) is 23.6 Å². The van der Waals surface area contributed by atoms with E-state index < -0.39 is 5.41 Å². The molecule has 0 saturated carbocycles. The van der Waals surface area contributed by atoms with Crippen LogP contribution in [-0.2, 0) is 5.41 Å². The number of nitrogens with zero attached hydrogens (tertiary/aromatic N) is 2. The van der Waals surface area contributed by atoms with Crippen molar-refractivity contribution in [3.63, 3.8) is 0 Å². The van der Waals surface area contributed by atoms with Gasteiger partial charge in [-0.2, -0.15) is 5.26 Å². The van der Waals surface area contributed by atoms with Crippen LogP contribution in [0.1, 0.15) is 30.0 Å². The van der Waals surface area contributed by atoms with E-state index in [1.54, 1.807) is 11.3 Å². The molecule has 1 heterocycles. The standard InChI is InChI=1S/C15H16N2S/c1-10-5-6-12(7-11(10)2)13-8-18-14(17-13)15(3,4)9-16/h5-8H,1-4H3. The molecule has 0 atom stereocenters. The van der Waals surface area contributed by atoms with E-state index in [4.69, 9.17) is 5.26 Å². The molecule has 0 unspecified atom stereocenters. The van der Waals surface area contributed by atoms with Crippen molar-refractivity contribution in [2.45, 2.75) is 33.1 Å². The van der Waals surface area contributed by atoms with Crippen molar-refractivity contribution in [1.82, 2.24) is 4.98 Å². The lowest BCUT2D eigenvalue weighted by Crippen LogP contribution is -2.13. The Morgan fingerprint density at radius 2 is 1.94 bits per heavy atom. The quantitative estimate of drug-likeness (QED) is 0.806. The second kappa shape index (κ2) is 4.55. The number of aryl methyl sites for hydroxylation is 2. The van der Waals surface area contributed by atoms with E-state index in [0.29, 0.717) is 0 Å². The van der Waals surface area contributed by atoms with Gasteiger partial charge in [0.1, 0.15) is 10.4 Å². The number of hydrogen-bond donors (Lipinski definition) is 0. The van der Waals surface area contributed by atoms with Gasteiger partial charge in [0.15, 0.2) is 0 Å². The molecule has 0 aliphatic heterocycles. The molecule has 0 saturated heterocycles. The fourth-order valence-corrected chi connectivity index (χ4v) is 2.55. The molecule has 0 N–H and O–H groups in total. The molecular weight excluding hydrogens is 240 g/mol. The zero-order chi connectivity index (χ0) is 13.3. The molecule has 0 amide bonds. The first-order valence-corrected chi connectivity index (χ1v) is 6.77. The van der Waals surface area contributed by atoms with Crippen LogP contribution in [0.4, 0.5) is 0 Å². The SMILES string of the molecule is Cc1ccc(-c2csc(C(C)(C)C#N)n2)cc1C. The highest BCUT2D eigenvalue weighted by atomic mass is 32.1. The summed E-state index contributed by atoms with van der Waals surface area (Å²) < 4.78 is 0. The minimum absolute atomic E-state index is 0.511. The number of thiazole rings is 1. The third-order valence-corrected chi connectivity index (χ3v) is 4.29. The third-order valence-electron chi connectivity index (χ3n) is 3.12. The van der Waals surface area contributed by atoms with Gasteiger partial charge in [0.25, 0.3) is 0 Å². The lowest BCUT2D eigenvalue weighted by atomic mass is 9.97. The summed E-state index contributed by atoms with van der Waals surface area (Å²) in [5.74, 6) is 0. The molecule has 3 heteroatoms. The van der Waals surface area contributed by atoms with Gasteiger partial charge < -0.3 is 0 Å². The Kier molecular flexibility index (Phi) is 3.23. The minimum atomic E-state index is -0.511. The maximum Gasteiger partial charge on any atom is 0.113 e. The fourth-order valence-electron chi connectivity index (χ4n) is 1.64. The minimum Gasteiger partial charge on any atom is -0.240 e. The lowest BCUT2D eigenvalue weighted by molar-refractivity contribution is 0.680. The van der Waals surface area contributed by atoms with Gasteiger partial charge in [-0.3, -0.25) is 0 Å². The largest absolute Gasteiger partial charge is 0.240 e. The Bertz CT molecular complexity index is 618. The Hall–Kier alpha value is -1.66. The molecule has 92 valence electrons. The van der Waals surface area contributed by atoms with E-state index in [0.717, 1.165) is 16.3 Å². The summed E-state index contributed by atoms with van der Waals surface area (Å²) in [6.07, 6.45) is 0. The Labute approximate surface area is 112 Å². The maximum atomic E-state index is 9.12. The fraction of sp³-hybridized carbons (Fsp3) is 0.333. The summed E-state index contributed by atoms with van der Waals surface area (Å²) in [7, 11) is 0. The van der Waals surface area contributed by atoms with E-state index in [-0.39, 0.29) is 0 Å². The van der Waals surface area contributed by atoms with Crippen molar-refractivity contribution in [3.8, 4) is 17.3 Å². The smallest absolute Gasteiger partial charge is 0.113 e. The monoisotopic (exact) mass is 256 g/mol. The Morgan fingerprint density at radius 3 is 2.56 bits per heavy atom.